The summed E-state index contributed by atoms with van der Waals surface area (Å²) in [5.74, 6) is -0.355. The lowest BCUT2D eigenvalue weighted by atomic mass is 9.94. The molecule has 2 heterocycles. The number of fused-ring (bicyclic) bond motifs is 2. The van der Waals surface area contributed by atoms with E-state index in [0.717, 1.165) is 26.5 Å². The molecular weight excluding hydrogens is 454 g/mol. The van der Waals surface area contributed by atoms with Crippen LogP contribution >= 0.6 is 15.9 Å². The number of hydrogen-bond donors (Lipinski definition) is 1. The molecule has 0 spiro atoms. The zero-order valence-corrected chi connectivity index (χ0v) is 20.0. The lowest BCUT2D eigenvalue weighted by Crippen LogP contribution is -2.58. The number of aromatic nitrogens is 1. The molecule has 0 radical (unpaired) electrons. The van der Waals surface area contributed by atoms with E-state index in [9.17, 15) is 9.59 Å². The van der Waals surface area contributed by atoms with Crippen molar-refractivity contribution in [1.29, 1.82) is 0 Å². The van der Waals surface area contributed by atoms with Crippen molar-refractivity contribution in [2.75, 3.05) is 0 Å². The molecule has 0 atom stereocenters. The van der Waals surface area contributed by atoms with Gasteiger partial charge in [-0.3, -0.25) is 14.6 Å². The highest BCUT2D eigenvalue weighted by atomic mass is 79.9. The first-order valence-corrected chi connectivity index (χ1v) is 11.1. The molecule has 0 saturated carbocycles. The molecule has 4 rings (SSSR count). The first-order valence-electron chi connectivity index (χ1n) is 10.3. The summed E-state index contributed by atoms with van der Waals surface area (Å²) in [7, 11) is 0. The summed E-state index contributed by atoms with van der Waals surface area (Å²) in [6.45, 7) is 9.67. The Morgan fingerprint density at radius 1 is 1.03 bits per heavy atom. The van der Waals surface area contributed by atoms with Gasteiger partial charge in [0.1, 0.15) is 5.54 Å². The smallest absolute Gasteiger partial charge is 0.257 e. The fraction of sp³-hybridized carbons (Fsp3) is 0.320. The number of benzene rings is 2. The normalized spacial score (nSPS) is 14.1. The minimum Gasteiger partial charge on any atom is -0.349 e. The number of nitrogens with zero attached hydrogens (tertiary/aromatic N) is 2. The van der Waals surface area contributed by atoms with Crippen molar-refractivity contribution in [2.24, 2.45) is 0 Å². The Bertz CT molecular complexity index is 1200. The summed E-state index contributed by atoms with van der Waals surface area (Å²) >= 11 is 3.55. The van der Waals surface area contributed by atoms with Gasteiger partial charge in [-0.2, -0.15) is 0 Å². The Morgan fingerprint density at radius 3 is 2.35 bits per heavy atom. The number of rotatable bonds is 3. The van der Waals surface area contributed by atoms with Gasteiger partial charge < -0.3 is 10.2 Å². The maximum Gasteiger partial charge on any atom is 0.257 e. The third-order valence-corrected chi connectivity index (χ3v) is 6.06. The third kappa shape index (κ3) is 3.85. The number of halogens is 1. The van der Waals surface area contributed by atoms with Crippen LogP contribution in [0.1, 0.15) is 50.7 Å². The van der Waals surface area contributed by atoms with Crippen LogP contribution in [0, 0.1) is 0 Å². The molecule has 6 heteroatoms. The van der Waals surface area contributed by atoms with E-state index < -0.39 is 11.1 Å². The van der Waals surface area contributed by atoms with Crippen LogP contribution in [-0.2, 0) is 11.3 Å². The monoisotopic (exact) mass is 479 g/mol. The second kappa shape index (κ2) is 7.45. The fourth-order valence-electron chi connectivity index (χ4n) is 3.96. The van der Waals surface area contributed by atoms with Crippen LogP contribution in [0.4, 0.5) is 0 Å². The molecule has 0 unspecified atom stereocenters. The van der Waals surface area contributed by atoms with Crippen molar-refractivity contribution in [3.05, 3.63) is 64.3 Å². The van der Waals surface area contributed by atoms with Gasteiger partial charge in [-0.1, -0.05) is 46.3 Å². The second-order valence-electron chi connectivity index (χ2n) is 9.49. The highest BCUT2D eigenvalue weighted by Gasteiger charge is 2.45. The van der Waals surface area contributed by atoms with E-state index in [0.29, 0.717) is 17.8 Å². The van der Waals surface area contributed by atoms with Crippen LogP contribution in [0.2, 0.25) is 0 Å². The van der Waals surface area contributed by atoms with Crippen LogP contribution in [0.3, 0.4) is 0 Å². The highest BCUT2D eigenvalue weighted by molar-refractivity contribution is 9.10. The van der Waals surface area contributed by atoms with Gasteiger partial charge in [0.05, 0.1) is 23.3 Å². The molecule has 1 N–H and O–H groups in total. The van der Waals surface area contributed by atoms with Gasteiger partial charge >= 0.3 is 0 Å². The molecule has 0 bridgehead atoms. The van der Waals surface area contributed by atoms with Crippen LogP contribution in [0.5, 0.6) is 0 Å². The minimum atomic E-state index is -1.02. The van der Waals surface area contributed by atoms with E-state index in [1.807, 2.05) is 69.3 Å². The summed E-state index contributed by atoms with van der Waals surface area (Å²) in [6, 6.07) is 15.8. The van der Waals surface area contributed by atoms with E-state index in [-0.39, 0.29) is 11.8 Å². The van der Waals surface area contributed by atoms with Crippen molar-refractivity contribution < 1.29 is 9.59 Å². The van der Waals surface area contributed by atoms with Crippen molar-refractivity contribution in [2.45, 2.75) is 52.2 Å². The Hall–Kier alpha value is -2.73. The topological polar surface area (TPSA) is 62.3 Å². The Labute approximate surface area is 191 Å². The molecule has 1 aromatic heterocycles. The zero-order chi connectivity index (χ0) is 22.6. The number of amides is 2. The molecule has 160 valence electrons. The molecular formula is C25H26BrN3O2. The van der Waals surface area contributed by atoms with Gasteiger partial charge in [-0.25, -0.2) is 0 Å². The largest absolute Gasteiger partial charge is 0.349 e. The van der Waals surface area contributed by atoms with Gasteiger partial charge in [-0.15, -0.1) is 0 Å². The highest BCUT2D eigenvalue weighted by Crippen LogP contribution is 2.40. The summed E-state index contributed by atoms with van der Waals surface area (Å²) in [4.78, 5) is 33.2. The Kier molecular flexibility index (Phi) is 5.16. The quantitative estimate of drug-likeness (QED) is 0.553. The maximum atomic E-state index is 13.7. The van der Waals surface area contributed by atoms with Crippen LogP contribution in [0.15, 0.2) is 53.0 Å². The predicted octanol–water partition coefficient (Wildman–Crippen LogP) is 5.31. The number of nitrogens with one attached hydrogen (secondary N) is 1. The van der Waals surface area contributed by atoms with E-state index in [1.165, 1.54) is 0 Å². The fourth-order valence-corrected chi connectivity index (χ4v) is 4.32. The SMILES string of the molecule is CC(C)(C)NC(=O)C(C)(C)N1Cc2nc3ccc(Br)cc3c(-c3ccccc3)c2C1=O. The van der Waals surface area contributed by atoms with E-state index >= 15 is 0 Å². The molecule has 2 aromatic carbocycles. The Balaban J connectivity index is 1.88. The number of hydrogen-bond acceptors (Lipinski definition) is 3. The third-order valence-electron chi connectivity index (χ3n) is 5.57. The van der Waals surface area contributed by atoms with Gasteiger partial charge in [0, 0.05) is 21.0 Å². The van der Waals surface area contributed by atoms with Gasteiger partial charge in [0.25, 0.3) is 5.91 Å². The summed E-state index contributed by atoms with van der Waals surface area (Å²) in [5.41, 5.74) is 2.51. The van der Waals surface area contributed by atoms with E-state index in [1.54, 1.807) is 18.7 Å². The van der Waals surface area contributed by atoms with E-state index in [4.69, 9.17) is 4.98 Å². The van der Waals surface area contributed by atoms with Gasteiger partial charge in [0.15, 0.2) is 0 Å². The zero-order valence-electron chi connectivity index (χ0n) is 18.4. The minimum absolute atomic E-state index is 0.169. The summed E-state index contributed by atoms with van der Waals surface area (Å²) < 4.78 is 0.922. The van der Waals surface area contributed by atoms with Crippen LogP contribution in [0.25, 0.3) is 22.0 Å². The van der Waals surface area contributed by atoms with Gasteiger partial charge in [-0.05, 0) is 58.4 Å². The average molecular weight is 480 g/mol. The molecule has 1 aliphatic rings. The predicted molar refractivity (Wildman–Crippen MR) is 127 cm³/mol. The molecule has 0 saturated heterocycles. The van der Waals surface area contributed by atoms with Crippen molar-refractivity contribution in [3.8, 4) is 11.1 Å². The molecule has 0 aliphatic carbocycles. The molecule has 5 nitrogen and oxygen atoms in total. The van der Waals surface area contributed by atoms with Crippen LogP contribution in [-0.4, -0.2) is 32.8 Å². The molecule has 2 amide bonds. The first kappa shape index (κ1) is 21.5. The van der Waals surface area contributed by atoms with Crippen molar-refractivity contribution in [1.82, 2.24) is 15.2 Å². The first-order chi connectivity index (χ1) is 14.5. The second-order valence-corrected chi connectivity index (χ2v) is 10.4. The lowest BCUT2D eigenvalue weighted by Gasteiger charge is -2.36. The van der Waals surface area contributed by atoms with Crippen molar-refractivity contribution >= 4 is 38.6 Å². The Morgan fingerprint density at radius 2 is 1.71 bits per heavy atom. The average Bonchev–Trinajstić information content (AvgIpc) is 3.02. The summed E-state index contributed by atoms with van der Waals surface area (Å²) in [5, 5.41) is 3.92. The molecule has 1 aliphatic heterocycles. The summed E-state index contributed by atoms with van der Waals surface area (Å²) in [6.07, 6.45) is 0. The number of carbonyl (C=O) groups excluding carboxylic acids is 2. The lowest BCUT2D eigenvalue weighted by molar-refractivity contribution is -0.132. The standard InChI is InChI=1S/C25H26BrN3O2/c1-24(2,3)28-23(31)25(4,5)29-14-19-21(22(29)30)20(15-9-7-6-8-10-15)17-13-16(26)11-12-18(17)27-19/h6-13H,14H2,1-5H3,(H,28,31). The molecule has 3 aromatic rings. The molecule has 31 heavy (non-hydrogen) atoms. The van der Waals surface area contributed by atoms with Gasteiger partial charge in [0.2, 0.25) is 5.91 Å². The molecule has 0 fully saturated rings. The number of carbonyl (C=O) groups is 2. The van der Waals surface area contributed by atoms with Crippen LogP contribution < -0.4 is 5.32 Å². The number of pyridine rings is 1. The van der Waals surface area contributed by atoms with E-state index in [2.05, 4.69) is 21.2 Å². The maximum absolute atomic E-state index is 13.7. The van der Waals surface area contributed by atoms with Crippen molar-refractivity contribution in [3.63, 3.8) is 0 Å².